The Morgan fingerprint density at radius 1 is 0.838 bits per heavy atom. The highest BCUT2D eigenvalue weighted by Gasteiger charge is 2.20. The monoisotopic (exact) mass is 496 g/mol. The summed E-state index contributed by atoms with van der Waals surface area (Å²) >= 11 is 0. The summed E-state index contributed by atoms with van der Waals surface area (Å²) in [6, 6.07) is 31.6. The lowest BCUT2D eigenvalue weighted by molar-refractivity contribution is -0.385. The quantitative estimate of drug-likeness (QED) is 0.203. The van der Waals surface area contributed by atoms with E-state index < -0.39 is 22.7 Å². The molecule has 1 atom stereocenters. The van der Waals surface area contributed by atoms with Gasteiger partial charge in [-0.25, -0.2) is 4.79 Å². The summed E-state index contributed by atoms with van der Waals surface area (Å²) < 4.78 is 0. The summed E-state index contributed by atoms with van der Waals surface area (Å²) in [6.45, 7) is 1.94. The predicted octanol–water partition coefficient (Wildman–Crippen LogP) is 5.74. The molecule has 7 heteroatoms. The molecule has 0 heterocycles. The van der Waals surface area contributed by atoms with Gasteiger partial charge in [0, 0.05) is 25.7 Å². The van der Waals surface area contributed by atoms with Gasteiger partial charge >= 0.3 is 5.97 Å². The Labute approximate surface area is 215 Å². The molecule has 0 radical (unpaired) electrons. The van der Waals surface area contributed by atoms with Gasteiger partial charge in [0.05, 0.1) is 11.0 Å². The highest BCUT2D eigenvalue weighted by Crippen LogP contribution is 2.28. The normalized spacial score (nSPS) is 11.8. The van der Waals surface area contributed by atoms with Crippen LogP contribution in [0.2, 0.25) is 0 Å². The standard InChI is InChI=1S/C30H28N2O5/c33-29(25-9-5-2-6-10-25)21-31(20-23-7-3-1-4-8-23)18-17-22-11-13-24(14-12-22)26-15-16-27(30(34)35)28(19-26)32(36)37/h1-16,19,29,33H,17-18,20-21H2,(H,34,35)/t29-/m0/s1. The maximum absolute atomic E-state index is 11.3. The number of hydrogen-bond acceptors (Lipinski definition) is 5. The number of nitrogens with zero attached hydrogens (tertiary/aromatic N) is 2. The molecule has 0 aliphatic heterocycles. The molecule has 0 unspecified atom stereocenters. The van der Waals surface area contributed by atoms with Crippen LogP contribution in [0.4, 0.5) is 5.69 Å². The minimum Gasteiger partial charge on any atom is -0.477 e. The van der Waals surface area contributed by atoms with Crippen molar-refractivity contribution in [2.45, 2.75) is 19.1 Å². The van der Waals surface area contributed by atoms with Crippen LogP contribution in [0.25, 0.3) is 11.1 Å². The van der Waals surface area contributed by atoms with E-state index in [0.717, 1.165) is 29.7 Å². The van der Waals surface area contributed by atoms with Gasteiger partial charge in [-0.15, -0.1) is 0 Å². The van der Waals surface area contributed by atoms with Gasteiger partial charge < -0.3 is 10.2 Å². The van der Waals surface area contributed by atoms with Crippen molar-refractivity contribution in [2.75, 3.05) is 13.1 Å². The summed E-state index contributed by atoms with van der Waals surface area (Å²) in [7, 11) is 0. The highest BCUT2D eigenvalue weighted by atomic mass is 16.6. The molecule has 0 aromatic heterocycles. The Balaban J connectivity index is 1.46. The molecule has 0 spiro atoms. The lowest BCUT2D eigenvalue weighted by Gasteiger charge is -2.25. The van der Waals surface area contributed by atoms with Crippen LogP contribution in [0, 0.1) is 10.1 Å². The summed E-state index contributed by atoms with van der Waals surface area (Å²) in [5.74, 6) is -1.33. The van der Waals surface area contributed by atoms with E-state index in [-0.39, 0.29) is 5.56 Å². The number of carboxylic acid groups (broad SMARTS) is 1. The fourth-order valence-corrected chi connectivity index (χ4v) is 4.30. The molecule has 7 nitrogen and oxygen atoms in total. The van der Waals surface area contributed by atoms with Crippen molar-refractivity contribution >= 4 is 11.7 Å². The second kappa shape index (κ2) is 12.1. The van der Waals surface area contributed by atoms with Crippen molar-refractivity contribution in [1.82, 2.24) is 4.90 Å². The molecule has 0 saturated heterocycles. The smallest absolute Gasteiger partial charge is 0.342 e. The number of carbonyl (C=O) groups is 1. The van der Waals surface area contributed by atoms with Crippen LogP contribution >= 0.6 is 0 Å². The van der Waals surface area contributed by atoms with Crippen LogP contribution in [-0.2, 0) is 13.0 Å². The number of aliphatic hydroxyl groups excluding tert-OH is 1. The van der Waals surface area contributed by atoms with Gasteiger partial charge in [0.15, 0.2) is 0 Å². The zero-order chi connectivity index (χ0) is 26.2. The van der Waals surface area contributed by atoms with Crippen LogP contribution in [-0.4, -0.2) is 39.1 Å². The Hall–Kier alpha value is -4.33. The molecule has 0 amide bonds. The fraction of sp³-hybridized carbons (Fsp3) is 0.167. The average Bonchev–Trinajstić information content (AvgIpc) is 2.92. The summed E-state index contributed by atoms with van der Waals surface area (Å²) in [5, 5.41) is 31.4. The van der Waals surface area contributed by atoms with E-state index in [4.69, 9.17) is 0 Å². The highest BCUT2D eigenvalue weighted by molar-refractivity contribution is 5.93. The molecule has 0 bridgehead atoms. The zero-order valence-corrected chi connectivity index (χ0v) is 20.2. The maximum atomic E-state index is 11.3. The van der Waals surface area contributed by atoms with E-state index in [1.807, 2.05) is 72.8 Å². The topological polar surface area (TPSA) is 104 Å². The first kappa shape index (κ1) is 25.8. The molecule has 0 saturated carbocycles. The van der Waals surface area contributed by atoms with E-state index in [1.165, 1.54) is 17.7 Å². The Morgan fingerprint density at radius 3 is 2.08 bits per heavy atom. The lowest BCUT2D eigenvalue weighted by Crippen LogP contribution is -2.30. The van der Waals surface area contributed by atoms with E-state index in [1.54, 1.807) is 6.07 Å². The summed E-state index contributed by atoms with van der Waals surface area (Å²) in [4.78, 5) is 24.2. The molecule has 0 fully saturated rings. The fourth-order valence-electron chi connectivity index (χ4n) is 4.30. The number of carboxylic acids is 1. The first-order valence-corrected chi connectivity index (χ1v) is 12.0. The SMILES string of the molecule is O=C(O)c1ccc(-c2ccc(CCN(Cc3ccccc3)C[C@H](O)c3ccccc3)cc2)cc1[N+](=O)[O-]. The molecule has 37 heavy (non-hydrogen) atoms. The van der Waals surface area contributed by atoms with Crippen LogP contribution in [0.1, 0.15) is 33.2 Å². The van der Waals surface area contributed by atoms with Gasteiger partial charge in [-0.2, -0.15) is 0 Å². The van der Waals surface area contributed by atoms with E-state index >= 15 is 0 Å². The van der Waals surface area contributed by atoms with Gasteiger partial charge in [0.2, 0.25) is 0 Å². The number of nitro benzene ring substituents is 1. The van der Waals surface area contributed by atoms with Crippen LogP contribution < -0.4 is 0 Å². The molecule has 0 aliphatic rings. The maximum Gasteiger partial charge on any atom is 0.342 e. The largest absolute Gasteiger partial charge is 0.477 e. The zero-order valence-electron chi connectivity index (χ0n) is 20.2. The van der Waals surface area contributed by atoms with Crippen molar-refractivity contribution in [3.8, 4) is 11.1 Å². The number of nitro groups is 1. The van der Waals surface area contributed by atoms with Gasteiger partial charge in [-0.3, -0.25) is 15.0 Å². The number of aliphatic hydroxyl groups is 1. The number of rotatable bonds is 11. The molecule has 4 aromatic rings. The molecule has 188 valence electrons. The van der Waals surface area contributed by atoms with Crippen molar-refractivity contribution in [2.24, 2.45) is 0 Å². The minimum atomic E-state index is -1.33. The Kier molecular flexibility index (Phi) is 8.40. The summed E-state index contributed by atoms with van der Waals surface area (Å²) in [6.07, 6.45) is 0.157. The van der Waals surface area contributed by atoms with Crippen molar-refractivity contribution in [1.29, 1.82) is 0 Å². The number of hydrogen-bond donors (Lipinski definition) is 2. The molecule has 2 N–H and O–H groups in total. The van der Waals surface area contributed by atoms with E-state index in [2.05, 4.69) is 17.0 Å². The summed E-state index contributed by atoms with van der Waals surface area (Å²) in [5.41, 5.74) is 3.73. The van der Waals surface area contributed by atoms with Gasteiger partial charge in [0.1, 0.15) is 5.56 Å². The van der Waals surface area contributed by atoms with Gasteiger partial charge in [-0.05, 0) is 40.3 Å². The van der Waals surface area contributed by atoms with Crippen LogP contribution in [0.5, 0.6) is 0 Å². The second-order valence-corrected chi connectivity index (χ2v) is 8.89. The van der Waals surface area contributed by atoms with Gasteiger partial charge in [-0.1, -0.05) is 91.0 Å². The van der Waals surface area contributed by atoms with Crippen molar-refractivity contribution < 1.29 is 19.9 Å². The third kappa shape index (κ3) is 6.88. The Morgan fingerprint density at radius 2 is 1.46 bits per heavy atom. The Bertz CT molecular complexity index is 1340. The lowest BCUT2D eigenvalue weighted by atomic mass is 10.00. The average molecular weight is 497 g/mol. The molecule has 0 aliphatic carbocycles. The third-order valence-corrected chi connectivity index (χ3v) is 6.29. The molecular weight excluding hydrogens is 468 g/mol. The first-order valence-electron chi connectivity index (χ1n) is 12.0. The van der Waals surface area contributed by atoms with E-state index in [0.29, 0.717) is 18.7 Å². The van der Waals surface area contributed by atoms with Gasteiger partial charge in [0.25, 0.3) is 5.69 Å². The minimum absolute atomic E-state index is 0.332. The van der Waals surface area contributed by atoms with Crippen LogP contribution in [0.3, 0.4) is 0 Å². The third-order valence-electron chi connectivity index (χ3n) is 6.29. The number of aromatic carboxylic acids is 1. The van der Waals surface area contributed by atoms with Crippen LogP contribution in [0.15, 0.2) is 103 Å². The van der Waals surface area contributed by atoms with Crippen molar-refractivity contribution in [3.63, 3.8) is 0 Å². The molecular formula is C30H28N2O5. The predicted molar refractivity (Wildman–Crippen MR) is 142 cm³/mol. The first-order chi connectivity index (χ1) is 17.9. The second-order valence-electron chi connectivity index (χ2n) is 8.89. The van der Waals surface area contributed by atoms with Crippen molar-refractivity contribution in [3.05, 3.63) is 135 Å². The molecule has 4 aromatic carbocycles. The molecule has 4 rings (SSSR count). The number of benzene rings is 4. The van der Waals surface area contributed by atoms with E-state index in [9.17, 15) is 25.1 Å².